The number of hydrogen-bond donors (Lipinski definition) is 2. The van der Waals surface area contributed by atoms with E-state index < -0.39 is 17.2 Å². The average Bonchev–Trinajstić information content (AvgIpc) is 3.58. The van der Waals surface area contributed by atoms with Crippen LogP contribution in [0.5, 0.6) is 11.5 Å². The van der Waals surface area contributed by atoms with Crippen molar-refractivity contribution in [2.75, 3.05) is 64.3 Å². The lowest BCUT2D eigenvalue weighted by molar-refractivity contribution is -0.116. The Bertz CT molecular complexity index is 1850. The summed E-state index contributed by atoms with van der Waals surface area (Å²) in [6, 6.07) is 12.6. The summed E-state index contributed by atoms with van der Waals surface area (Å²) in [6.07, 6.45) is 4.64. The third kappa shape index (κ3) is 5.90. The third-order valence-electron chi connectivity index (χ3n) is 8.90. The second kappa shape index (κ2) is 12.6. The number of pyridine rings is 1. The standard InChI is InChI=1S/C34H36FN5O5/c35-26-20-24-31-33(30(26)37-29(41)8-13-38-10-3-4-11-38)45-28-19-23-7-2-1-6-22(23)18-27(28)40(31)21-25(32(24)42)34(43)36-9-5-12-39-14-16-44-17-15-39/h1-2,6-7,18-21H,3-5,8-17H2,(H,36,43)(H,37,41). The molecule has 0 spiro atoms. The second-order valence-corrected chi connectivity index (χ2v) is 11.9. The zero-order valence-corrected chi connectivity index (χ0v) is 25.1. The SMILES string of the molecule is O=C(CCN1CCCC1)Nc1c(F)cc2c(=O)c(C(=O)NCCCN3CCOCC3)cn3c2c1Oc1cc2ccccc2cc1-3. The van der Waals surface area contributed by atoms with E-state index in [1.807, 2.05) is 36.4 Å². The maximum Gasteiger partial charge on any atom is 0.256 e. The first-order valence-corrected chi connectivity index (χ1v) is 15.7. The molecule has 3 aliphatic rings. The monoisotopic (exact) mass is 613 g/mol. The summed E-state index contributed by atoms with van der Waals surface area (Å²) < 4.78 is 29.2. The Kier molecular flexibility index (Phi) is 8.22. The molecule has 45 heavy (non-hydrogen) atoms. The summed E-state index contributed by atoms with van der Waals surface area (Å²) in [6.45, 7) is 6.80. The molecule has 0 saturated carbocycles. The van der Waals surface area contributed by atoms with Gasteiger partial charge in [0.15, 0.2) is 17.3 Å². The molecule has 7 rings (SSSR count). The van der Waals surface area contributed by atoms with E-state index in [-0.39, 0.29) is 34.7 Å². The van der Waals surface area contributed by atoms with Crippen molar-refractivity contribution in [3.8, 4) is 17.2 Å². The lowest BCUT2D eigenvalue weighted by Crippen LogP contribution is -2.38. The Balaban J connectivity index is 1.24. The van der Waals surface area contributed by atoms with Crippen LogP contribution in [0.2, 0.25) is 0 Å². The lowest BCUT2D eigenvalue weighted by Gasteiger charge is -2.27. The molecule has 0 radical (unpaired) electrons. The molecule has 11 heteroatoms. The van der Waals surface area contributed by atoms with Crippen molar-refractivity contribution in [2.24, 2.45) is 0 Å². The number of morpholine rings is 1. The number of carbonyl (C=O) groups is 2. The van der Waals surface area contributed by atoms with Gasteiger partial charge in [-0.05, 0) is 67.9 Å². The van der Waals surface area contributed by atoms with Crippen LogP contribution in [0.15, 0.2) is 53.5 Å². The summed E-state index contributed by atoms with van der Waals surface area (Å²) in [5.41, 5.74) is 0.0732. The molecule has 4 heterocycles. The van der Waals surface area contributed by atoms with E-state index in [9.17, 15) is 14.4 Å². The quantitative estimate of drug-likeness (QED) is 0.240. The van der Waals surface area contributed by atoms with Gasteiger partial charge in [-0.3, -0.25) is 19.3 Å². The van der Waals surface area contributed by atoms with Crippen LogP contribution in [0.3, 0.4) is 0 Å². The Labute approximate surface area is 259 Å². The van der Waals surface area contributed by atoms with Crippen LogP contribution in [0.1, 0.15) is 36.0 Å². The van der Waals surface area contributed by atoms with Crippen LogP contribution in [0.4, 0.5) is 10.1 Å². The van der Waals surface area contributed by atoms with E-state index in [1.165, 1.54) is 6.20 Å². The molecule has 0 atom stereocenters. The van der Waals surface area contributed by atoms with Gasteiger partial charge >= 0.3 is 0 Å². The van der Waals surface area contributed by atoms with Crippen LogP contribution in [0.25, 0.3) is 27.4 Å². The van der Waals surface area contributed by atoms with Crippen LogP contribution < -0.4 is 20.8 Å². The average molecular weight is 614 g/mol. The van der Waals surface area contributed by atoms with Gasteiger partial charge in [-0.1, -0.05) is 24.3 Å². The van der Waals surface area contributed by atoms with Crippen LogP contribution in [-0.2, 0) is 9.53 Å². The topological polar surface area (TPSA) is 105 Å². The zero-order valence-electron chi connectivity index (χ0n) is 25.1. The van der Waals surface area contributed by atoms with E-state index in [0.29, 0.717) is 43.3 Å². The largest absolute Gasteiger partial charge is 0.451 e. The highest BCUT2D eigenvalue weighted by atomic mass is 19.1. The van der Waals surface area contributed by atoms with Gasteiger partial charge in [-0.25, -0.2) is 4.39 Å². The molecule has 0 aliphatic carbocycles. The van der Waals surface area contributed by atoms with E-state index in [2.05, 4.69) is 20.4 Å². The molecule has 234 valence electrons. The molecular weight excluding hydrogens is 577 g/mol. The normalized spacial score (nSPS) is 16.5. The van der Waals surface area contributed by atoms with Crippen molar-refractivity contribution in [2.45, 2.75) is 25.7 Å². The fourth-order valence-electron chi connectivity index (χ4n) is 6.47. The van der Waals surface area contributed by atoms with Crippen molar-refractivity contribution >= 4 is 39.2 Å². The summed E-state index contributed by atoms with van der Waals surface area (Å²) in [4.78, 5) is 44.6. The van der Waals surface area contributed by atoms with Gasteiger partial charge in [0.1, 0.15) is 16.8 Å². The van der Waals surface area contributed by atoms with Gasteiger partial charge < -0.3 is 29.6 Å². The minimum Gasteiger partial charge on any atom is -0.451 e. The van der Waals surface area contributed by atoms with Crippen molar-refractivity contribution < 1.29 is 23.5 Å². The molecule has 2 amide bonds. The van der Waals surface area contributed by atoms with Gasteiger partial charge in [-0.2, -0.15) is 0 Å². The van der Waals surface area contributed by atoms with Gasteiger partial charge in [0.25, 0.3) is 5.91 Å². The summed E-state index contributed by atoms with van der Waals surface area (Å²) in [7, 11) is 0. The highest BCUT2D eigenvalue weighted by Crippen LogP contribution is 2.46. The minimum absolute atomic E-state index is 0.00246. The third-order valence-corrected chi connectivity index (χ3v) is 8.90. The van der Waals surface area contributed by atoms with E-state index in [1.54, 1.807) is 4.57 Å². The number of likely N-dealkylation sites (tertiary alicyclic amines) is 1. The number of benzene rings is 3. The molecular formula is C34H36FN5O5. The van der Waals surface area contributed by atoms with E-state index in [0.717, 1.165) is 68.8 Å². The van der Waals surface area contributed by atoms with Gasteiger partial charge in [0.05, 0.1) is 24.3 Å². The van der Waals surface area contributed by atoms with Crippen LogP contribution >= 0.6 is 0 Å². The number of carbonyl (C=O) groups excluding carboxylic acids is 2. The Morgan fingerprint density at radius 2 is 1.67 bits per heavy atom. The molecule has 3 aliphatic heterocycles. The highest BCUT2D eigenvalue weighted by Gasteiger charge is 2.30. The number of amides is 2. The second-order valence-electron chi connectivity index (χ2n) is 11.9. The first-order chi connectivity index (χ1) is 22.0. The fraction of sp³-hybridized carbons (Fsp3) is 0.382. The number of anilines is 1. The molecule has 0 unspecified atom stereocenters. The van der Waals surface area contributed by atoms with Gasteiger partial charge in [-0.15, -0.1) is 0 Å². The lowest BCUT2D eigenvalue weighted by atomic mass is 10.0. The van der Waals surface area contributed by atoms with Crippen LogP contribution in [0, 0.1) is 5.82 Å². The molecule has 2 saturated heterocycles. The fourth-order valence-corrected chi connectivity index (χ4v) is 6.47. The minimum atomic E-state index is -0.803. The van der Waals surface area contributed by atoms with Crippen LogP contribution in [-0.4, -0.2) is 85.2 Å². The van der Waals surface area contributed by atoms with Crippen molar-refractivity contribution in [1.82, 2.24) is 19.7 Å². The molecule has 1 aromatic heterocycles. The predicted octanol–water partition coefficient (Wildman–Crippen LogP) is 4.27. The number of nitrogens with zero attached hydrogens (tertiary/aromatic N) is 3. The molecule has 10 nitrogen and oxygen atoms in total. The predicted molar refractivity (Wildman–Crippen MR) is 170 cm³/mol. The molecule has 0 bridgehead atoms. The number of ether oxygens (including phenoxy) is 2. The molecule has 2 fully saturated rings. The molecule has 4 aromatic rings. The summed E-state index contributed by atoms with van der Waals surface area (Å²) in [5, 5.41) is 7.43. The number of hydrogen-bond acceptors (Lipinski definition) is 7. The molecule has 2 N–H and O–H groups in total. The maximum absolute atomic E-state index is 15.8. The Morgan fingerprint density at radius 3 is 2.44 bits per heavy atom. The smallest absolute Gasteiger partial charge is 0.256 e. The zero-order chi connectivity index (χ0) is 30.9. The Morgan fingerprint density at radius 1 is 0.933 bits per heavy atom. The number of fused-ring (bicyclic) bond motifs is 3. The first-order valence-electron chi connectivity index (χ1n) is 15.7. The summed E-state index contributed by atoms with van der Waals surface area (Å²) >= 11 is 0. The Hall–Kier alpha value is -4.32. The van der Waals surface area contributed by atoms with Crippen molar-refractivity contribution in [1.29, 1.82) is 0 Å². The summed E-state index contributed by atoms with van der Waals surface area (Å²) in [5.74, 6) is -1.21. The van der Waals surface area contributed by atoms with E-state index in [4.69, 9.17) is 9.47 Å². The highest BCUT2D eigenvalue weighted by molar-refractivity contribution is 6.04. The van der Waals surface area contributed by atoms with Crippen molar-refractivity contribution in [3.63, 3.8) is 0 Å². The first kappa shape index (κ1) is 29.4. The number of nitrogens with one attached hydrogen (secondary N) is 2. The van der Waals surface area contributed by atoms with E-state index >= 15 is 4.39 Å². The van der Waals surface area contributed by atoms with Gasteiger partial charge in [0, 0.05) is 38.8 Å². The van der Waals surface area contributed by atoms with Gasteiger partial charge in [0.2, 0.25) is 11.3 Å². The number of aromatic nitrogens is 1. The number of halogens is 1. The number of rotatable bonds is 9. The maximum atomic E-state index is 15.8. The van der Waals surface area contributed by atoms with Crippen molar-refractivity contribution in [3.05, 3.63) is 70.3 Å². The molecule has 3 aromatic carbocycles.